The molecule has 1 aliphatic rings. The number of halogens is 1. The molecule has 0 amide bonds. The van der Waals surface area contributed by atoms with E-state index in [-0.39, 0.29) is 34.5 Å². The molecule has 0 aliphatic carbocycles. The molecule has 2 aromatic carbocycles. The quantitative estimate of drug-likeness (QED) is 0.274. The fraction of sp³-hybridized carbons (Fsp3) is 0.150. The highest BCUT2D eigenvalue weighted by molar-refractivity contribution is 6.32. The molecule has 0 saturated heterocycles. The van der Waals surface area contributed by atoms with E-state index in [4.69, 9.17) is 25.8 Å². The lowest BCUT2D eigenvalue weighted by Gasteiger charge is -2.10. The van der Waals surface area contributed by atoms with Crippen LogP contribution in [-0.2, 0) is 19.1 Å². The zero-order valence-electron chi connectivity index (χ0n) is 16.3. The van der Waals surface area contributed by atoms with Gasteiger partial charge in [-0.3, -0.25) is 10.1 Å². The summed E-state index contributed by atoms with van der Waals surface area (Å²) < 4.78 is 20.2. The number of carbonyl (C=O) groups excluding carboxylic acids is 2. The van der Waals surface area contributed by atoms with E-state index in [0.29, 0.717) is 17.1 Å². The van der Waals surface area contributed by atoms with E-state index < -0.39 is 16.9 Å². The van der Waals surface area contributed by atoms with Crippen LogP contribution in [0.15, 0.2) is 47.1 Å². The van der Waals surface area contributed by atoms with E-state index >= 15 is 0 Å². The molecule has 0 atom stereocenters. The molecular formula is C20H15ClN2O8. The number of cyclic esters (lactones) is 1. The zero-order valence-corrected chi connectivity index (χ0v) is 17.0. The van der Waals surface area contributed by atoms with Crippen LogP contribution in [0, 0.1) is 10.1 Å². The largest absolute Gasteiger partial charge is 0.493 e. The summed E-state index contributed by atoms with van der Waals surface area (Å²) in [5.74, 6) is -0.728. The van der Waals surface area contributed by atoms with Crippen LogP contribution >= 0.6 is 11.6 Å². The van der Waals surface area contributed by atoms with Crippen molar-refractivity contribution in [3.05, 3.63) is 68.4 Å². The number of nitro groups is 1. The Morgan fingerprint density at radius 1 is 1.23 bits per heavy atom. The average Bonchev–Trinajstić information content (AvgIpc) is 3.12. The van der Waals surface area contributed by atoms with Crippen LogP contribution in [0.2, 0.25) is 5.02 Å². The lowest BCUT2D eigenvalue weighted by molar-refractivity contribution is -0.384. The summed E-state index contributed by atoms with van der Waals surface area (Å²) >= 11 is 5.80. The number of esters is 2. The number of nitrogens with zero attached hydrogens (tertiary/aromatic N) is 2. The number of hydrogen-bond acceptors (Lipinski definition) is 9. The smallest absolute Gasteiger partial charge is 0.363 e. The van der Waals surface area contributed by atoms with Crippen LogP contribution in [0.25, 0.3) is 6.08 Å². The average molecular weight is 447 g/mol. The SMILES string of the molecule is COC(=O)COc1ccc(/C=C2\N=C(c3ccc(Cl)c([N+](=O)[O-])c3)OC2=O)cc1OC. The standard InChI is InChI=1S/C20H15ClN2O8/c1-28-17-8-11(3-6-16(17)30-10-18(24)29-2)7-14-20(25)31-19(22-14)12-4-5-13(21)15(9-12)23(26)27/h3-9H,10H2,1-2H3/b14-7-. The molecule has 31 heavy (non-hydrogen) atoms. The van der Waals surface area contributed by atoms with E-state index in [9.17, 15) is 19.7 Å². The Kier molecular flexibility index (Phi) is 6.51. The lowest BCUT2D eigenvalue weighted by Crippen LogP contribution is -2.12. The highest BCUT2D eigenvalue weighted by Gasteiger charge is 2.26. The van der Waals surface area contributed by atoms with Gasteiger partial charge in [-0.05, 0) is 35.9 Å². The molecule has 0 saturated carbocycles. The summed E-state index contributed by atoms with van der Waals surface area (Å²) in [4.78, 5) is 38.0. The van der Waals surface area contributed by atoms with E-state index in [1.165, 1.54) is 38.5 Å². The van der Waals surface area contributed by atoms with Crippen molar-refractivity contribution in [2.24, 2.45) is 4.99 Å². The summed E-state index contributed by atoms with van der Waals surface area (Å²) in [5.41, 5.74) is 0.429. The number of nitro benzene ring substituents is 1. The first-order valence-electron chi connectivity index (χ1n) is 8.67. The molecule has 160 valence electrons. The highest BCUT2D eigenvalue weighted by atomic mass is 35.5. The second-order valence-corrected chi connectivity index (χ2v) is 6.44. The minimum absolute atomic E-state index is 0.0158. The predicted octanol–water partition coefficient (Wildman–Crippen LogP) is 3.15. The normalized spacial score (nSPS) is 14.1. The van der Waals surface area contributed by atoms with Gasteiger partial charge in [0.1, 0.15) is 5.02 Å². The molecule has 0 spiro atoms. The fourth-order valence-corrected chi connectivity index (χ4v) is 2.75. The third-order valence-corrected chi connectivity index (χ3v) is 4.39. The summed E-state index contributed by atoms with van der Waals surface area (Å²) in [6.07, 6.45) is 1.45. The Bertz CT molecular complexity index is 1130. The van der Waals surface area contributed by atoms with Crippen molar-refractivity contribution in [1.82, 2.24) is 0 Å². The van der Waals surface area contributed by atoms with Crippen molar-refractivity contribution in [3.63, 3.8) is 0 Å². The topological polar surface area (TPSA) is 127 Å². The van der Waals surface area contributed by atoms with Gasteiger partial charge in [0.25, 0.3) is 5.69 Å². The molecule has 0 N–H and O–H groups in total. The molecule has 0 aromatic heterocycles. The first-order chi connectivity index (χ1) is 14.8. The maximum atomic E-state index is 12.2. The van der Waals surface area contributed by atoms with E-state index in [1.54, 1.807) is 18.2 Å². The van der Waals surface area contributed by atoms with Gasteiger partial charge < -0.3 is 18.9 Å². The maximum Gasteiger partial charge on any atom is 0.363 e. The monoisotopic (exact) mass is 446 g/mol. The van der Waals surface area contributed by atoms with Crippen molar-refractivity contribution in [2.75, 3.05) is 20.8 Å². The van der Waals surface area contributed by atoms with Gasteiger partial charge in [-0.2, -0.15) is 0 Å². The van der Waals surface area contributed by atoms with Gasteiger partial charge in [0.15, 0.2) is 23.8 Å². The van der Waals surface area contributed by atoms with Gasteiger partial charge in [-0.1, -0.05) is 17.7 Å². The molecule has 0 unspecified atom stereocenters. The second-order valence-electron chi connectivity index (χ2n) is 6.03. The van der Waals surface area contributed by atoms with Gasteiger partial charge in [0, 0.05) is 11.6 Å². The molecule has 0 radical (unpaired) electrons. The number of benzene rings is 2. The molecule has 2 aromatic rings. The minimum atomic E-state index is -0.724. The minimum Gasteiger partial charge on any atom is -0.493 e. The van der Waals surface area contributed by atoms with Crippen molar-refractivity contribution in [1.29, 1.82) is 0 Å². The van der Waals surface area contributed by atoms with Crippen LogP contribution < -0.4 is 9.47 Å². The van der Waals surface area contributed by atoms with Gasteiger partial charge in [0.2, 0.25) is 5.90 Å². The van der Waals surface area contributed by atoms with Gasteiger partial charge in [-0.15, -0.1) is 0 Å². The first-order valence-corrected chi connectivity index (χ1v) is 9.04. The maximum absolute atomic E-state index is 12.2. The Hall–Kier alpha value is -3.92. The number of aliphatic imine (C=N–C) groups is 1. The number of methoxy groups -OCH3 is 2. The van der Waals surface area contributed by atoms with Crippen molar-refractivity contribution in [3.8, 4) is 11.5 Å². The Balaban J connectivity index is 1.87. The first kappa shape index (κ1) is 21.8. The summed E-state index contributed by atoms with van der Waals surface area (Å²) in [7, 11) is 2.67. The van der Waals surface area contributed by atoms with E-state index in [1.807, 2.05) is 0 Å². The van der Waals surface area contributed by atoms with Crippen molar-refractivity contribution >= 4 is 41.2 Å². The molecule has 1 aliphatic heterocycles. The Labute approximate surface area is 180 Å². The molecular weight excluding hydrogens is 432 g/mol. The predicted molar refractivity (Wildman–Crippen MR) is 109 cm³/mol. The fourth-order valence-electron chi connectivity index (χ4n) is 2.56. The van der Waals surface area contributed by atoms with Crippen molar-refractivity contribution < 1.29 is 33.5 Å². The third-order valence-electron chi connectivity index (χ3n) is 4.07. The van der Waals surface area contributed by atoms with E-state index in [0.717, 1.165) is 0 Å². The molecule has 10 nitrogen and oxygen atoms in total. The Morgan fingerprint density at radius 3 is 2.68 bits per heavy atom. The van der Waals surface area contributed by atoms with Gasteiger partial charge >= 0.3 is 11.9 Å². The number of rotatable bonds is 7. The Morgan fingerprint density at radius 2 is 2.00 bits per heavy atom. The van der Waals surface area contributed by atoms with Crippen LogP contribution in [0.5, 0.6) is 11.5 Å². The molecule has 0 fully saturated rings. The van der Waals surface area contributed by atoms with Gasteiger partial charge in [-0.25, -0.2) is 14.6 Å². The number of carbonyl (C=O) groups is 2. The number of ether oxygens (including phenoxy) is 4. The summed E-state index contributed by atoms with van der Waals surface area (Å²) in [6, 6.07) is 8.71. The van der Waals surface area contributed by atoms with E-state index in [2.05, 4.69) is 9.73 Å². The third kappa shape index (κ3) is 4.98. The molecule has 0 bridgehead atoms. The summed E-state index contributed by atoms with van der Waals surface area (Å²) in [5, 5.41) is 11.0. The van der Waals surface area contributed by atoms with Crippen molar-refractivity contribution in [2.45, 2.75) is 0 Å². The highest BCUT2D eigenvalue weighted by Crippen LogP contribution is 2.31. The zero-order chi connectivity index (χ0) is 22.5. The lowest BCUT2D eigenvalue weighted by atomic mass is 10.1. The number of hydrogen-bond donors (Lipinski definition) is 0. The van der Waals surface area contributed by atoms with Crippen LogP contribution in [0.1, 0.15) is 11.1 Å². The van der Waals surface area contributed by atoms with Crippen LogP contribution in [0.4, 0.5) is 5.69 Å². The molecule has 1 heterocycles. The molecule has 11 heteroatoms. The van der Waals surface area contributed by atoms with Crippen LogP contribution in [0.3, 0.4) is 0 Å². The van der Waals surface area contributed by atoms with Gasteiger partial charge in [0.05, 0.1) is 19.1 Å². The molecule has 3 rings (SSSR count). The second kappa shape index (κ2) is 9.26. The van der Waals surface area contributed by atoms with Crippen LogP contribution in [-0.4, -0.2) is 43.6 Å². The summed E-state index contributed by atoms with van der Waals surface area (Å²) in [6.45, 7) is -0.291.